The molecule has 8 heteroatoms. The van der Waals surface area contributed by atoms with Gasteiger partial charge in [0.15, 0.2) is 13.2 Å². The Morgan fingerprint density at radius 3 is 2.43 bits per heavy atom. The number of nitrogens with one attached hydrogen (secondary N) is 2. The van der Waals surface area contributed by atoms with Gasteiger partial charge in [0.05, 0.1) is 12.8 Å². The highest BCUT2D eigenvalue weighted by Crippen LogP contribution is 2.26. The minimum Gasteiger partial charge on any atom is -0.495 e. The van der Waals surface area contributed by atoms with E-state index in [9.17, 15) is 14.4 Å². The van der Waals surface area contributed by atoms with Gasteiger partial charge in [-0.3, -0.25) is 9.59 Å². The van der Waals surface area contributed by atoms with E-state index in [0.29, 0.717) is 28.4 Å². The van der Waals surface area contributed by atoms with E-state index < -0.39 is 18.5 Å². The van der Waals surface area contributed by atoms with Crippen molar-refractivity contribution >= 4 is 29.2 Å². The smallest absolute Gasteiger partial charge is 0.344 e. The second-order valence-electron chi connectivity index (χ2n) is 8.01. The highest BCUT2D eigenvalue weighted by atomic mass is 16.6. The van der Waals surface area contributed by atoms with Crippen LogP contribution in [0.15, 0.2) is 66.7 Å². The van der Waals surface area contributed by atoms with Gasteiger partial charge in [-0.15, -0.1) is 0 Å². The van der Waals surface area contributed by atoms with Crippen molar-refractivity contribution < 1.29 is 28.6 Å². The van der Waals surface area contributed by atoms with Gasteiger partial charge in [0.1, 0.15) is 11.5 Å². The van der Waals surface area contributed by atoms with Crippen molar-refractivity contribution in [1.29, 1.82) is 0 Å². The lowest BCUT2D eigenvalue weighted by Crippen LogP contribution is -2.23. The van der Waals surface area contributed by atoms with Crippen molar-refractivity contribution in [3.8, 4) is 11.5 Å². The van der Waals surface area contributed by atoms with E-state index in [-0.39, 0.29) is 12.5 Å². The first kappa shape index (κ1) is 23.8. The number of hydrogen-bond donors (Lipinski definition) is 2. The SMILES string of the molecule is COc1ccccc1NC(=O)c1ccc(NC(=O)COC(=O)COc2ccc3c(c2)CCC3)cc1. The quantitative estimate of drug-likeness (QED) is 0.455. The molecule has 0 spiro atoms. The summed E-state index contributed by atoms with van der Waals surface area (Å²) in [5, 5.41) is 5.41. The van der Waals surface area contributed by atoms with Crippen molar-refractivity contribution in [3.63, 3.8) is 0 Å². The monoisotopic (exact) mass is 474 g/mol. The molecule has 1 aliphatic carbocycles. The van der Waals surface area contributed by atoms with Crippen molar-refractivity contribution in [2.75, 3.05) is 31.0 Å². The maximum Gasteiger partial charge on any atom is 0.344 e. The van der Waals surface area contributed by atoms with E-state index in [1.165, 1.54) is 18.2 Å². The zero-order valence-corrected chi connectivity index (χ0v) is 19.3. The van der Waals surface area contributed by atoms with Crippen molar-refractivity contribution in [2.45, 2.75) is 19.3 Å². The number of carbonyl (C=O) groups is 3. The number of hydrogen-bond acceptors (Lipinski definition) is 6. The number of ether oxygens (including phenoxy) is 3. The van der Waals surface area contributed by atoms with Crippen LogP contribution in [0, 0.1) is 0 Å². The lowest BCUT2D eigenvalue weighted by atomic mass is 10.1. The molecule has 0 atom stereocenters. The fraction of sp³-hybridized carbons (Fsp3) is 0.222. The number of para-hydroxylation sites is 2. The van der Waals surface area contributed by atoms with Gasteiger partial charge in [-0.05, 0) is 78.9 Å². The van der Waals surface area contributed by atoms with E-state index in [1.54, 1.807) is 42.5 Å². The molecule has 0 heterocycles. The third kappa shape index (κ3) is 6.38. The highest BCUT2D eigenvalue weighted by Gasteiger charge is 2.14. The van der Waals surface area contributed by atoms with Gasteiger partial charge in [0, 0.05) is 11.3 Å². The first-order valence-corrected chi connectivity index (χ1v) is 11.3. The summed E-state index contributed by atoms with van der Waals surface area (Å²) in [5.41, 5.74) is 4.00. The Bertz CT molecular complexity index is 1220. The fourth-order valence-electron chi connectivity index (χ4n) is 3.81. The van der Waals surface area contributed by atoms with E-state index in [2.05, 4.69) is 10.6 Å². The third-order valence-corrected chi connectivity index (χ3v) is 5.58. The summed E-state index contributed by atoms with van der Waals surface area (Å²) < 4.78 is 15.7. The third-order valence-electron chi connectivity index (χ3n) is 5.58. The Hall–Kier alpha value is -4.33. The first-order chi connectivity index (χ1) is 17.0. The summed E-state index contributed by atoms with van der Waals surface area (Å²) in [6.07, 6.45) is 3.23. The molecule has 8 nitrogen and oxygen atoms in total. The Labute approximate surface area is 203 Å². The average Bonchev–Trinajstić information content (AvgIpc) is 3.35. The van der Waals surface area contributed by atoms with Crippen molar-refractivity contribution in [3.05, 3.63) is 83.4 Å². The van der Waals surface area contributed by atoms with Crippen molar-refractivity contribution in [2.24, 2.45) is 0 Å². The minimum atomic E-state index is -0.635. The molecule has 4 rings (SSSR count). The molecular weight excluding hydrogens is 448 g/mol. The molecule has 1 aliphatic rings. The van der Waals surface area contributed by atoms with E-state index in [1.807, 2.05) is 24.3 Å². The Kier molecular flexibility index (Phi) is 7.62. The van der Waals surface area contributed by atoms with Gasteiger partial charge in [-0.25, -0.2) is 4.79 Å². The molecule has 2 amide bonds. The zero-order chi connectivity index (χ0) is 24.6. The number of benzene rings is 3. The second-order valence-corrected chi connectivity index (χ2v) is 8.01. The van der Waals surface area contributed by atoms with Crippen LogP contribution < -0.4 is 20.1 Å². The molecule has 3 aromatic carbocycles. The van der Waals surface area contributed by atoms with Crippen LogP contribution in [0.5, 0.6) is 11.5 Å². The number of carbonyl (C=O) groups excluding carboxylic acids is 3. The summed E-state index contributed by atoms with van der Waals surface area (Å²) in [4.78, 5) is 36.6. The lowest BCUT2D eigenvalue weighted by Gasteiger charge is -2.11. The first-order valence-electron chi connectivity index (χ1n) is 11.3. The van der Waals surface area contributed by atoms with Crippen LogP contribution in [0.25, 0.3) is 0 Å². The largest absolute Gasteiger partial charge is 0.495 e. The molecule has 0 bridgehead atoms. The number of aryl methyl sites for hydroxylation is 2. The van der Waals surface area contributed by atoms with Crippen LogP contribution in [-0.4, -0.2) is 38.1 Å². The number of anilines is 2. The van der Waals surface area contributed by atoms with E-state index >= 15 is 0 Å². The van der Waals surface area contributed by atoms with Gasteiger partial charge in [0.25, 0.3) is 11.8 Å². The van der Waals surface area contributed by atoms with Gasteiger partial charge < -0.3 is 24.8 Å². The minimum absolute atomic E-state index is 0.276. The zero-order valence-electron chi connectivity index (χ0n) is 19.3. The molecule has 0 aromatic heterocycles. The molecule has 0 fully saturated rings. The van der Waals surface area contributed by atoms with Crippen LogP contribution in [0.1, 0.15) is 27.9 Å². The summed E-state index contributed by atoms with van der Waals surface area (Å²) in [6.45, 7) is -0.718. The Morgan fingerprint density at radius 1 is 0.857 bits per heavy atom. The van der Waals surface area contributed by atoms with Crippen LogP contribution in [0.4, 0.5) is 11.4 Å². The number of fused-ring (bicyclic) bond motifs is 1. The average molecular weight is 475 g/mol. The second kappa shape index (κ2) is 11.2. The lowest BCUT2D eigenvalue weighted by molar-refractivity contribution is -0.149. The standard InChI is InChI=1S/C27H26N2O6/c1-33-24-8-3-2-7-23(24)29-27(32)19-9-12-21(13-10-19)28-25(30)16-35-26(31)17-34-22-14-11-18-5-4-6-20(18)15-22/h2-3,7-15H,4-6,16-17H2,1H3,(H,28,30)(H,29,32). The molecule has 2 N–H and O–H groups in total. The van der Waals surface area contributed by atoms with Gasteiger partial charge in [-0.1, -0.05) is 18.2 Å². The summed E-state index contributed by atoms with van der Waals surface area (Å²) >= 11 is 0. The number of methoxy groups -OCH3 is 1. The molecule has 35 heavy (non-hydrogen) atoms. The number of rotatable bonds is 9. The van der Waals surface area contributed by atoms with Crippen LogP contribution in [-0.2, 0) is 27.2 Å². The molecule has 0 unspecified atom stereocenters. The predicted octanol–water partition coefficient (Wildman–Crippen LogP) is 4.00. The molecule has 0 saturated heterocycles. The summed E-state index contributed by atoms with van der Waals surface area (Å²) in [5.74, 6) is -0.283. The van der Waals surface area contributed by atoms with Gasteiger partial charge in [-0.2, -0.15) is 0 Å². The maximum absolute atomic E-state index is 12.5. The highest BCUT2D eigenvalue weighted by molar-refractivity contribution is 6.05. The van der Waals surface area contributed by atoms with E-state index in [0.717, 1.165) is 19.3 Å². The predicted molar refractivity (Wildman–Crippen MR) is 131 cm³/mol. The van der Waals surface area contributed by atoms with Crippen molar-refractivity contribution in [1.82, 2.24) is 0 Å². The summed E-state index contributed by atoms with van der Waals surface area (Å²) in [7, 11) is 1.53. The number of esters is 1. The molecule has 0 aliphatic heterocycles. The molecule has 0 saturated carbocycles. The number of amides is 2. The van der Waals surface area contributed by atoms with Crippen LogP contribution >= 0.6 is 0 Å². The topological polar surface area (TPSA) is 103 Å². The summed E-state index contributed by atoms with van der Waals surface area (Å²) in [6, 6.07) is 19.2. The van der Waals surface area contributed by atoms with Gasteiger partial charge in [0.2, 0.25) is 0 Å². The Morgan fingerprint density at radius 2 is 1.63 bits per heavy atom. The molecule has 3 aromatic rings. The van der Waals surface area contributed by atoms with Crippen LogP contribution in [0.2, 0.25) is 0 Å². The Balaban J connectivity index is 1.21. The van der Waals surface area contributed by atoms with Crippen LogP contribution in [0.3, 0.4) is 0 Å². The normalized spacial score (nSPS) is 11.8. The van der Waals surface area contributed by atoms with E-state index in [4.69, 9.17) is 14.2 Å². The molecule has 0 radical (unpaired) electrons. The van der Waals surface area contributed by atoms with Gasteiger partial charge >= 0.3 is 5.97 Å². The molecule has 180 valence electrons. The fourth-order valence-corrected chi connectivity index (χ4v) is 3.81. The molecular formula is C27H26N2O6. The maximum atomic E-state index is 12.5.